The number of hydrogen-bond donors (Lipinski definition) is 7. The number of aromatic amines is 2. The molecule has 1 unspecified atom stereocenters. The Hall–Kier alpha value is -12.1. The van der Waals surface area contributed by atoms with Crippen molar-refractivity contribution in [2.45, 2.75) is 6.04 Å². The molecule has 428 valence electrons. The van der Waals surface area contributed by atoms with Crippen molar-refractivity contribution in [1.29, 1.82) is 0 Å². The molecule has 1 atom stereocenters. The average Bonchev–Trinajstić information content (AvgIpc) is 2.27. The zero-order chi connectivity index (χ0) is 58.7. The number of hydrogen-bond acceptors (Lipinski definition) is 21. The summed E-state index contributed by atoms with van der Waals surface area (Å²) in [7, 11) is 8.65. The fourth-order valence-electron chi connectivity index (χ4n) is 11.2. The molecule has 0 saturated carbocycles. The summed E-state index contributed by atoms with van der Waals surface area (Å²) < 4.78 is 39.4. The van der Waals surface area contributed by atoms with Crippen molar-refractivity contribution in [2.24, 2.45) is 14.1 Å². The van der Waals surface area contributed by atoms with Crippen molar-refractivity contribution in [1.82, 2.24) is 75.3 Å². The van der Waals surface area contributed by atoms with Gasteiger partial charge in [-0.2, -0.15) is 20.4 Å². The van der Waals surface area contributed by atoms with E-state index in [4.69, 9.17) is 42.5 Å². The molecule has 0 aliphatic carbocycles. The fourth-order valence-corrected chi connectivity index (χ4v) is 11.2. The molecule has 7 N–H and O–H groups in total. The molecule has 87 heavy (non-hydrogen) atoms. The van der Waals surface area contributed by atoms with E-state index in [2.05, 4.69) is 90.4 Å². The van der Waals surface area contributed by atoms with E-state index >= 15 is 0 Å². The number of aromatic nitrogens is 14. The summed E-state index contributed by atoms with van der Waals surface area (Å²) in [5, 5.41) is 36.1. The fraction of sp³-hybridized carbons (Fsp3) is 0.0968. The quantitative estimate of drug-likeness (QED) is 0.0446. The predicted molar refractivity (Wildman–Crippen MR) is 325 cm³/mol. The van der Waals surface area contributed by atoms with E-state index in [1.165, 1.54) is 19.0 Å². The molecule has 4 aromatic carbocycles. The average molecular weight is 1160 g/mol. The third-order valence-corrected chi connectivity index (χ3v) is 15.3. The molecule has 11 heterocycles. The molecule has 0 bridgehead atoms. The molecule has 25 heteroatoms. The summed E-state index contributed by atoms with van der Waals surface area (Å²) in [4.78, 5) is 27.9. The molecule has 15 rings (SSSR count). The van der Waals surface area contributed by atoms with Gasteiger partial charge in [-0.3, -0.25) is 19.6 Å². The van der Waals surface area contributed by atoms with Crippen LogP contribution in [0.1, 0.15) is 17.2 Å². The van der Waals surface area contributed by atoms with Crippen molar-refractivity contribution in [3.63, 3.8) is 0 Å². The van der Waals surface area contributed by atoms with Crippen LogP contribution in [0.2, 0.25) is 0 Å². The first kappa shape index (κ1) is 51.7. The van der Waals surface area contributed by atoms with E-state index in [0.717, 1.165) is 72.5 Å². The molecule has 0 fully saturated rings. The standard InChI is InChI=1S/C62H49N19O6/c1-80-25-39(24-70-80)54-51-58(64-30-67-61(51)78-75-54)73-45-20-37(35-12-15-85-26-35)18-42(56(45)84-5)32-7-6-8-34(17-32)53-50-57(63-29-66-60(50)77-74-53)72-44-22-40(36-13-16-86-27-36)41(23-48(44)83-4)38-21-49(87-28-38)55-52-59(65-31-68-62(52)79-76-55)71-43-19-33(9-10-47(43)82-3)46-11-14-69-81(46)2/h6-31,53,74H,1-5H3,(H2,63,66,72,77)(H2,64,67,73,75,78)(H2,65,68,71,76,79). The highest BCUT2D eigenvalue weighted by molar-refractivity contribution is 6.02. The normalized spacial score (nSPS) is 12.8. The van der Waals surface area contributed by atoms with Gasteiger partial charge in [-0.15, -0.1) is 0 Å². The monoisotopic (exact) mass is 1160 g/mol. The minimum Gasteiger partial charge on any atom is -0.495 e. The van der Waals surface area contributed by atoms with E-state index < -0.39 is 6.04 Å². The van der Waals surface area contributed by atoms with Crippen LogP contribution in [0.25, 0.3) is 101 Å². The van der Waals surface area contributed by atoms with E-state index in [0.29, 0.717) is 96.8 Å². The Kier molecular flexibility index (Phi) is 12.6. The van der Waals surface area contributed by atoms with Crippen molar-refractivity contribution in [3.8, 4) is 95.7 Å². The third-order valence-electron chi connectivity index (χ3n) is 15.3. The Morgan fingerprint density at radius 3 is 2.00 bits per heavy atom. The minimum absolute atomic E-state index is 0.438. The van der Waals surface area contributed by atoms with Crippen LogP contribution in [0.15, 0.2) is 173 Å². The number of aryl methyl sites for hydroxylation is 2. The maximum Gasteiger partial charge on any atom is 0.161 e. The molecule has 0 saturated heterocycles. The van der Waals surface area contributed by atoms with Crippen LogP contribution in [-0.4, -0.2) is 91.2 Å². The van der Waals surface area contributed by atoms with Crippen LogP contribution in [0.4, 0.5) is 40.3 Å². The zero-order valence-corrected chi connectivity index (χ0v) is 46.9. The van der Waals surface area contributed by atoms with Gasteiger partial charge in [0.05, 0.1) is 104 Å². The highest BCUT2D eigenvalue weighted by Crippen LogP contribution is 2.48. The van der Waals surface area contributed by atoms with Gasteiger partial charge in [0, 0.05) is 59.9 Å². The van der Waals surface area contributed by atoms with Gasteiger partial charge >= 0.3 is 0 Å². The van der Waals surface area contributed by atoms with Gasteiger partial charge in [0.25, 0.3) is 0 Å². The summed E-state index contributed by atoms with van der Waals surface area (Å²) in [6.45, 7) is 0. The van der Waals surface area contributed by atoms with E-state index in [1.807, 2.05) is 97.8 Å². The number of furan rings is 3. The Labute approximate surface area is 492 Å². The lowest BCUT2D eigenvalue weighted by atomic mass is 9.93. The number of benzene rings is 4. The highest BCUT2D eigenvalue weighted by Gasteiger charge is 2.31. The molecular formula is C62H49N19O6. The van der Waals surface area contributed by atoms with Gasteiger partial charge in [0.1, 0.15) is 65.1 Å². The van der Waals surface area contributed by atoms with Crippen molar-refractivity contribution < 1.29 is 27.5 Å². The van der Waals surface area contributed by atoms with Crippen LogP contribution in [0, 0.1) is 0 Å². The first-order valence-electron chi connectivity index (χ1n) is 27.2. The van der Waals surface area contributed by atoms with Crippen LogP contribution in [-0.2, 0) is 14.1 Å². The second-order valence-electron chi connectivity index (χ2n) is 20.3. The number of methoxy groups -OCH3 is 3. The Morgan fingerprint density at radius 1 is 0.552 bits per heavy atom. The Morgan fingerprint density at radius 2 is 1.26 bits per heavy atom. The van der Waals surface area contributed by atoms with Gasteiger partial charge in [0.2, 0.25) is 0 Å². The number of nitrogens with one attached hydrogen (secondary N) is 7. The second kappa shape index (κ2) is 21.3. The van der Waals surface area contributed by atoms with Gasteiger partial charge < -0.3 is 48.8 Å². The molecule has 1 aliphatic rings. The molecule has 14 aromatic rings. The first-order valence-corrected chi connectivity index (χ1v) is 27.2. The topological polar surface area (TPSA) is 298 Å². The van der Waals surface area contributed by atoms with Gasteiger partial charge in [0.15, 0.2) is 22.9 Å². The highest BCUT2D eigenvalue weighted by atomic mass is 16.5. The lowest BCUT2D eigenvalue weighted by Crippen LogP contribution is -2.20. The molecule has 0 radical (unpaired) electrons. The number of rotatable bonds is 17. The SMILES string of the molecule is COc1cc(-c2coc(-c3n[nH]c4ncnc(Nc5cc(-c6ccnn6C)ccc5OC)c34)c2)c(-c2ccoc2)cc1Nc1ncnc2c1C(c1cccc(-c3cc(-c4ccoc4)cc(Nc4ncnc5[nH]nc(-c6cnn(C)c6)c45)c3OC)c1)NN2. The van der Waals surface area contributed by atoms with Crippen LogP contribution in [0.3, 0.4) is 0 Å². The van der Waals surface area contributed by atoms with Gasteiger partial charge in [-0.25, -0.2) is 35.3 Å². The molecule has 0 spiro atoms. The number of hydrazine groups is 1. The Balaban J connectivity index is 0.761. The number of anilines is 7. The number of H-pyrrole nitrogens is 2. The summed E-state index contributed by atoms with van der Waals surface area (Å²) >= 11 is 0. The lowest BCUT2D eigenvalue weighted by Gasteiger charge is -2.20. The van der Waals surface area contributed by atoms with E-state index in [1.54, 1.807) is 69.7 Å². The molecular weight excluding hydrogens is 1110 g/mol. The maximum atomic E-state index is 6.38. The molecule has 1 aliphatic heterocycles. The predicted octanol–water partition coefficient (Wildman–Crippen LogP) is 12.0. The number of ether oxygens (including phenoxy) is 3. The third kappa shape index (κ3) is 9.18. The summed E-state index contributed by atoms with van der Waals surface area (Å²) in [5.74, 6) is 4.31. The molecule has 0 amide bonds. The van der Waals surface area contributed by atoms with Gasteiger partial charge in [-0.1, -0.05) is 18.2 Å². The summed E-state index contributed by atoms with van der Waals surface area (Å²) in [6, 6.07) is 29.4. The maximum absolute atomic E-state index is 6.38. The summed E-state index contributed by atoms with van der Waals surface area (Å²) in [6.07, 6.45) is 18.2. The molecule has 25 nitrogen and oxygen atoms in total. The smallest absolute Gasteiger partial charge is 0.161 e. The Bertz CT molecular complexity index is 4890. The zero-order valence-electron chi connectivity index (χ0n) is 46.9. The molecule has 10 aromatic heterocycles. The summed E-state index contributed by atoms with van der Waals surface area (Å²) in [5.41, 5.74) is 21.8. The van der Waals surface area contributed by atoms with Crippen molar-refractivity contribution in [3.05, 3.63) is 171 Å². The van der Waals surface area contributed by atoms with Crippen molar-refractivity contribution >= 4 is 62.4 Å². The van der Waals surface area contributed by atoms with E-state index in [-0.39, 0.29) is 0 Å². The largest absolute Gasteiger partial charge is 0.495 e. The first-order chi connectivity index (χ1) is 42.8. The van der Waals surface area contributed by atoms with Crippen LogP contribution < -0.4 is 41.0 Å². The number of nitrogens with zero attached hydrogens (tertiary/aromatic N) is 12. The van der Waals surface area contributed by atoms with Crippen LogP contribution >= 0.6 is 0 Å². The van der Waals surface area contributed by atoms with Crippen molar-refractivity contribution in [2.75, 3.05) is 42.7 Å². The second-order valence-corrected chi connectivity index (χ2v) is 20.3. The van der Waals surface area contributed by atoms with E-state index in [9.17, 15) is 0 Å². The van der Waals surface area contributed by atoms with Crippen LogP contribution in [0.5, 0.6) is 17.2 Å². The minimum atomic E-state index is -0.438. The number of fused-ring (bicyclic) bond motifs is 3. The van der Waals surface area contributed by atoms with Gasteiger partial charge in [-0.05, 0) is 101 Å². The lowest BCUT2D eigenvalue weighted by molar-refractivity contribution is 0.417.